The van der Waals surface area contributed by atoms with Gasteiger partial charge in [0.2, 0.25) is 5.91 Å². The summed E-state index contributed by atoms with van der Waals surface area (Å²) >= 11 is 1.51. The molecular weight excluding hydrogens is 266 g/mol. The van der Waals surface area contributed by atoms with Crippen molar-refractivity contribution in [1.29, 1.82) is 0 Å². The van der Waals surface area contributed by atoms with Gasteiger partial charge in [-0.1, -0.05) is 61.5 Å². The van der Waals surface area contributed by atoms with Crippen molar-refractivity contribution in [3.63, 3.8) is 0 Å². The molecule has 1 atom stereocenters. The first-order valence-electron chi connectivity index (χ1n) is 6.65. The Morgan fingerprint density at radius 1 is 1.05 bits per heavy atom. The number of hydrogen-bond acceptors (Lipinski definition) is 2. The Morgan fingerprint density at radius 3 is 2.05 bits per heavy atom. The van der Waals surface area contributed by atoms with E-state index >= 15 is 0 Å². The molecule has 0 saturated carbocycles. The zero-order valence-electron chi connectivity index (χ0n) is 11.8. The van der Waals surface area contributed by atoms with Gasteiger partial charge in [-0.2, -0.15) is 0 Å². The number of rotatable bonds is 5. The second-order valence-electron chi connectivity index (χ2n) is 4.69. The fraction of sp³-hybridized carbons (Fsp3) is 0.235. The van der Waals surface area contributed by atoms with Crippen LogP contribution in [-0.4, -0.2) is 12.2 Å². The van der Waals surface area contributed by atoms with Gasteiger partial charge < -0.3 is 5.73 Å². The molecule has 2 N–H and O–H groups in total. The van der Waals surface area contributed by atoms with Crippen molar-refractivity contribution in [2.24, 2.45) is 5.73 Å². The maximum atomic E-state index is 11.8. The third-order valence-electron chi connectivity index (χ3n) is 3.70. The van der Waals surface area contributed by atoms with Crippen LogP contribution >= 0.6 is 11.8 Å². The average Bonchev–Trinajstić information content (AvgIpc) is 2.50. The summed E-state index contributed by atoms with van der Waals surface area (Å²) in [6.07, 6.45) is 2.62. The monoisotopic (exact) mass is 285 g/mol. The van der Waals surface area contributed by atoms with Crippen LogP contribution in [-0.2, 0) is 9.54 Å². The van der Waals surface area contributed by atoms with Crippen molar-refractivity contribution in [2.75, 3.05) is 6.26 Å². The van der Waals surface area contributed by atoms with Crippen LogP contribution in [0.1, 0.15) is 18.9 Å². The number of amides is 1. The van der Waals surface area contributed by atoms with Gasteiger partial charge in [0.25, 0.3) is 0 Å². The van der Waals surface area contributed by atoms with E-state index < -0.39 is 4.75 Å². The van der Waals surface area contributed by atoms with Gasteiger partial charge in [0.05, 0.1) is 0 Å². The van der Waals surface area contributed by atoms with Gasteiger partial charge in [0.15, 0.2) is 0 Å². The molecule has 0 aliphatic heterocycles. The summed E-state index contributed by atoms with van der Waals surface area (Å²) in [6, 6.07) is 18.3. The normalized spacial score (nSPS) is 13.7. The number of nitrogens with two attached hydrogens (primary N) is 1. The second-order valence-corrected chi connectivity index (χ2v) is 5.80. The van der Waals surface area contributed by atoms with Crippen LogP contribution in [0.4, 0.5) is 0 Å². The standard InChI is InChI=1S/C17H19NOS/c1-3-17(20-2,16(18)19)15-11-9-14(10-12-15)13-7-5-4-6-8-13/h4-12H,3H2,1-2H3,(H2,18,19). The van der Waals surface area contributed by atoms with E-state index in [1.807, 2.05) is 55.6 Å². The molecule has 0 aliphatic carbocycles. The number of carbonyl (C=O) groups is 1. The number of benzene rings is 2. The summed E-state index contributed by atoms with van der Waals surface area (Å²) < 4.78 is -0.630. The minimum Gasteiger partial charge on any atom is -0.368 e. The van der Waals surface area contributed by atoms with Crippen LogP contribution < -0.4 is 5.73 Å². The summed E-state index contributed by atoms with van der Waals surface area (Å²) in [5.41, 5.74) is 8.90. The van der Waals surface area contributed by atoms with Gasteiger partial charge in [-0.15, -0.1) is 11.8 Å². The molecule has 1 unspecified atom stereocenters. The van der Waals surface area contributed by atoms with Gasteiger partial charge >= 0.3 is 0 Å². The number of hydrogen-bond donors (Lipinski definition) is 1. The number of thioether (sulfide) groups is 1. The van der Waals surface area contributed by atoms with E-state index in [0.29, 0.717) is 6.42 Å². The highest BCUT2D eigenvalue weighted by Crippen LogP contribution is 2.38. The predicted molar refractivity (Wildman–Crippen MR) is 86.6 cm³/mol. The van der Waals surface area contributed by atoms with E-state index in [4.69, 9.17) is 5.73 Å². The van der Waals surface area contributed by atoms with Crippen molar-refractivity contribution >= 4 is 17.7 Å². The number of carbonyl (C=O) groups excluding carboxylic acids is 1. The fourth-order valence-electron chi connectivity index (χ4n) is 2.45. The van der Waals surface area contributed by atoms with E-state index in [-0.39, 0.29) is 5.91 Å². The van der Waals surface area contributed by atoms with Gasteiger partial charge in [-0.25, -0.2) is 0 Å². The second kappa shape index (κ2) is 6.14. The Morgan fingerprint density at radius 2 is 1.60 bits per heavy atom. The van der Waals surface area contributed by atoms with Gasteiger partial charge in [0, 0.05) is 0 Å². The molecule has 2 rings (SSSR count). The van der Waals surface area contributed by atoms with Crippen LogP contribution in [0.2, 0.25) is 0 Å². The lowest BCUT2D eigenvalue weighted by atomic mass is 9.92. The topological polar surface area (TPSA) is 43.1 Å². The molecule has 0 aromatic heterocycles. The summed E-state index contributed by atoms with van der Waals surface area (Å²) in [6.45, 7) is 1.99. The predicted octanol–water partition coefficient (Wildman–Crippen LogP) is 3.81. The van der Waals surface area contributed by atoms with E-state index in [2.05, 4.69) is 12.1 Å². The van der Waals surface area contributed by atoms with Crippen LogP contribution in [0.3, 0.4) is 0 Å². The molecule has 0 aliphatic rings. The zero-order chi connectivity index (χ0) is 14.6. The summed E-state index contributed by atoms with van der Waals surface area (Å²) in [4.78, 5) is 11.8. The lowest BCUT2D eigenvalue weighted by Gasteiger charge is -2.28. The Kier molecular flexibility index (Phi) is 4.50. The van der Waals surface area contributed by atoms with Crippen molar-refractivity contribution in [1.82, 2.24) is 0 Å². The van der Waals surface area contributed by atoms with Crippen LogP contribution in [0.5, 0.6) is 0 Å². The number of primary amides is 1. The highest BCUT2D eigenvalue weighted by atomic mass is 32.2. The Balaban J connectivity index is 2.39. The SMILES string of the molecule is CCC(SC)(C(N)=O)c1ccc(-c2ccccc2)cc1. The molecule has 0 fully saturated rings. The summed E-state index contributed by atoms with van der Waals surface area (Å²) in [7, 11) is 0. The molecule has 0 bridgehead atoms. The lowest BCUT2D eigenvalue weighted by molar-refractivity contribution is -0.120. The highest BCUT2D eigenvalue weighted by molar-refractivity contribution is 8.00. The maximum Gasteiger partial charge on any atom is 0.238 e. The molecule has 1 amide bonds. The summed E-state index contributed by atoms with van der Waals surface area (Å²) in [5, 5.41) is 0. The van der Waals surface area contributed by atoms with Crippen LogP contribution in [0.15, 0.2) is 54.6 Å². The van der Waals surface area contributed by atoms with Crippen molar-refractivity contribution in [2.45, 2.75) is 18.1 Å². The van der Waals surface area contributed by atoms with Crippen LogP contribution in [0, 0.1) is 0 Å². The van der Waals surface area contributed by atoms with Crippen LogP contribution in [0.25, 0.3) is 11.1 Å². The van der Waals surface area contributed by atoms with E-state index in [0.717, 1.165) is 11.1 Å². The Hall–Kier alpha value is -1.74. The molecule has 20 heavy (non-hydrogen) atoms. The van der Waals surface area contributed by atoms with Gasteiger partial charge in [-0.3, -0.25) is 4.79 Å². The van der Waals surface area contributed by atoms with Crippen molar-refractivity contribution in [3.8, 4) is 11.1 Å². The first kappa shape index (κ1) is 14.7. The average molecular weight is 285 g/mol. The third kappa shape index (κ3) is 2.59. The third-order valence-corrected chi connectivity index (χ3v) is 5.13. The van der Waals surface area contributed by atoms with Crippen molar-refractivity contribution < 1.29 is 4.79 Å². The maximum absolute atomic E-state index is 11.8. The van der Waals surface area contributed by atoms with E-state index in [1.165, 1.54) is 17.3 Å². The smallest absolute Gasteiger partial charge is 0.238 e. The quantitative estimate of drug-likeness (QED) is 0.908. The molecule has 2 nitrogen and oxygen atoms in total. The molecule has 0 saturated heterocycles. The Bertz CT molecular complexity index is 574. The molecule has 104 valence electrons. The van der Waals surface area contributed by atoms with Gasteiger partial charge in [-0.05, 0) is 29.4 Å². The summed E-state index contributed by atoms with van der Waals surface area (Å²) in [5.74, 6) is -0.278. The molecule has 0 spiro atoms. The largest absolute Gasteiger partial charge is 0.368 e. The minimum atomic E-state index is -0.630. The highest BCUT2D eigenvalue weighted by Gasteiger charge is 2.35. The Labute approximate surface area is 124 Å². The molecular formula is C17H19NOS. The molecule has 0 radical (unpaired) electrons. The molecule has 2 aromatic rings. The van der Waals surface area contributed by atoms with E-state index in [1.54, 1.807) is 0 Å². The molecule has 0 heterocycles. The van der Waals surface area contributed by atoms with E-state index in [9.17, 15) is 4.79 Å². The first-order chi connectivity index (χ1) is 9.64. The molecule has 3 heteroatoms. The lowest BCUT2D eigenvalue weighted by Crippen LogP contribution is -2.37. The zero-order valence-corrected chi connectivity index (χ0v) is 12.6. The van der Waals surface area contributed by atoms with Crippen molar-refractivity contribution in [3.05, 3.63) is 60.2 Å². The fourth-order valence-corrected chi connectivity index (χ4v) is 3.31. The minimum absolute atomic E-state index is 0.278. The molecule has 2 aromatic carbocycles. The van der Waals surface area contributed by atoms with Gasteiger partial charge in [0.1, 0.15) is 4.75 Å². The first-order valence-corrected chi connectivity index (χ1v) is 7.87.